The molecule has 0 unspecified atom stereocenters. The number of anilines is 1. The maximum absolute atomic E-state index is 13.6. The van der Waals surface area contributed by atoms with Gasteiger partial charge >= 0.3 is 0 Å². The maximum Gasteiger partial charge on any atom is 0.244 e. The second-order valence-corrected chi connectivity index (χ2v) is 10.5. The third kappa shape index (κ3) is 2.48. The van der Waals surface area contributed by atoms with E-state index >= 15 is 0 Å². The van der Waals surface area contributed by atoms with Crippen LogP contribution >= 0.6 is 0 Å². The summed E-state index contributed by atoms with van der Waals surface area (Å²) in [7, 11) is -1.70. The number of carbonyl (C=O) groups is 1. The van der Waals surface area contributed by atoms with Crippen molar-refractivity contribution in [2.24, 2.45) is 5.92 Å². The van der Waals surface area contributed by atoms with E-state index in [-0.39, 0.29) is 17.9 Å². The molecule has 2 heterocycles. The Balaban J connectivity index is 1.66. The number of hydrogen-bond acceptors (Lipinski definition) is 4. The lowest BCUT2D eigenvalue weighted by Gasteiger charge is -2.39. The number of benzene rings is 2. The van der Waals surface area contributed by atoms with Crippen LogP contribution in [0.3, 0.4) is 0 Å². The molecule has 0 spiro atoms. The molecule has 1 saturated carbocycles. The van der Waals surface area contributed by atoms with E-state index in [2.05, 4.69) is 11.0 Å². The summed E-state index contributed by atoms with van der Waals surface area (Å²) < 4.78 is 28.9. The molecule has 2 fully saturated rings. The fourth-order valence-electron chi connectivity index (χ4n) is 5.92. The van der Waals surface area contributed by atoms with Crippen molar-refractivity contribution < 1.29 is 13.2 Å². The van der Waals surface area contributed by atoms with Gasteiger partial charge in [-0.15, -0.1) is 0 Å². The van der Waals surface area contributed by atoms with Crippen LogP contribution in [0.15, 0.2) is 53.4 Å². The van der Waals surface area contributed by atoms with Gasteiger partial charge in [0.05, 0.1) is 4.90 Å². The quantitative estimate of drug-likeness (QED) is 0.777. The highest BCUT2D eigenvalue weighted by Gasteiger charge is 2.64. The van der Waals surface area contributed by atoms with Crippen LogP contribution in [0.1, 0.15) is 36.8 Å². The molecule has 0 radical (unpaired) electrons. The van der Waals surface area contributed by atoms with Crippen LogP contribution in [0.25, 0.3) is 0 Å². The molecule has 0 aromatic heterocycles. The Kier molecular flexibility index (Phi) is 4.16. The summed E-state index contributed by atoms with van der Waals surface area (Å²) in [4.78, 5) is 15.3. The van der Waals surface area contributed by atoms with Crippen LogP contribution < -0.4 is 4.90 Å². The molecule has 29 heavy (non-hydrogen) atoms. The average molecular weight is 411 g/mol. The zero-order valence-electron chi connectivity index (χ0n) is 16.8. The van der Waals surface area contributed by atoms with E-state index in [1.807, 2.05) is 44.3 Å². The van der Waals surface area contributed by atoms with E-state index in [9.17, 15) is 13.2 Å². The number of rotatable bonds is 3. The molecule has 2 aromatic rings. The summed E-state index contributed by atoms with van der Waals surface area (Å²) in [6.07, 6.45) is 2.67. The standard InChI is InChI=1S/C23H26N2O3S/c1-16-10-12-17(13-11-16)29(27,28)25-15-14-23(19-7-5-9-21(19)26)18-6-3-4-8-20(18)24(2)22(23)25/h3-4,6,8,10-13,19,22H,5,7,9,14-15H2,1-2H3/t19-,22+,23+/m1/s1. The molecule has 6 heteroatoms. The van der Waals surface area contributed by atoms with Crippen LogP contribution in [0, 0.1) is 12.8 Å². The second-order valence-electron chi connectivity index (χ2n) is 8.63. The fourth-order valence-corrected chi connectivity index (χ4v) is 7.60. The van der Waals surface area contributed by atoms with Gasteiger partial charge in [0.15, 0.2) is 0 Å². The molecular weight excluding hydrogens is 384 g/mol. The number of aryl methyl sites for hydroxylation is 1. The second kappa shape index (κ2) is 6.41. The molecule has 2 aliphatic heterocycles. The van der Waals surface area contributed by atoms with Crippen LogP contribution in [-0.4, -0.2) is 38.3 Å². The number of Topliss-reactive ketones (excluding diaryl/α,β-unsaturated/α-hetero) is 1. The highest BCUT2D eigenvalue weighted by molar-refractivity contribution is 7.89. The van der Waals surface area contributed by atoms with Crippen molar-refractivity contribution in [3.63, 3.8) is 0 Å². The summed E-state index contributed by atoms with van der Waals surface area (Å²) in [5.74, 6) is 0.173. The van der Waals surface area contributed by atoms with Crippen LogP contribution in [0.5, 0.6) is 0 Å². The Morgan fingerprint density at radius 1 is 1.07 bits per heavy atom. The lowest BCUT2D eigenvalue weighted by atomic mass is 9.68. The first-order valence-electron chi connectivity index (χ1n) is 10.3. The number of carbonyl (C=O) groups excluding carboxylic acids is 1. The van der Waals surface area contributed by atoms with Crippen LogP contribution in [0.4, 0.5) is 5.69 Å². The molecule has 5 rings (SSSR count). The van der Waals surface area contributed by atoms with Gasteiger partial charge in [-0.05, 0) is 49.9 Å². The first-order valence-corrected chi connectivity index (χ1v) is 11.7. The summed E-state index contributed by atoms with van der Waals surface area (Å²) in [5.41, 5.74) is 2.74. The third-order valence-electron chi connectivity index (χ3n) is 7.19. The molecule has 0 N–H and O–H groups in total. The van der Waals surface area contributed by atoms with Gasteiger partial charge in [-0.25, -0.2) is 8.42 Å². The predicted molar refractivity (Wildman–Crippen MR) is 112 cm³/mol. The van der Waals surface area contributed by atoms with Crippen molar-refractivity contribution in [3.05, 3.63) is 59.7 Å². The minimum Gasteiger partial charge on any atom is -0.357 e. The smallest absolute Gasteiger partial charge is 0.244 e. The molecule has 3 aliphatic rings. The predicted octanol–water partition coefficient (Wildman–Crippen LogP) is 3.47. The molecule has 0 bridgehead atoms. The van der Waals surface area contributed by atoms with Crippen molar-refractivity contribution in [1.82, 2.24) is 4.31 Å². The van der Waals surface area contributed by atoms with Gasteiger partial charge in [-0.2, -0.15) is 4.31 Å². The molecule has 0 amide bonds. The van der Waals surface area contributed by atoms with Crippen LogP contribution in [0.2, 0.25) is 0 Å². The van der Waals surface area contributed by atoms with E-state index in [1.165, 1.54) is 0 Å². The number of likely N-dealkylation sites (N-methyl/N-ethyl adjacent to an activating group) is 1. The Bertz CT molecular complexity index is 1080. The van der Waals surface area contributed by atoms with Gasteiger partial charge in [0.1, 0.15) is 11.9 Å². The van der Waals surface area contributed by atoms with Gasteiger partial charge in [0, 0.05) is 37.0 Å². The lowest BCUT2D eigenvalue weighted by Crippen LogP contribution is -2.53. The van der Waals surface area contributed by atoms with Crippen molar-refractivity contribution in [3.8, 4) is 0 Å². The third-order valence-corrected chi connectivity index (χ3v) is 9.05. The Morgan fingerprint density at radius 3 is 2.48 bits per heavy atom. The Labute approximate surface area is 172 Å². The zero-order valence-corrected chi connectivity index (χ0v) is 17.7. The van der Waals surface area contributed by atoms with Gasteiger partial charge in [0.25, 0.3) is 0 Å². The summed E-state index contributed by atoms with van der Waals surface area (Å²) in [6.45, 7) is 2.38. The van der Waals surface area contributed by atoms with Crippen molar-refractivity contribution in [2.75, 3.05) is 18.5 Å². The van der Waals surface area contributed by atoms with E-state index in [0.717, 1.165) is 29.7 Å². The van der Waals surface area contributed by atoms with Crippen molar-refractivity contribution >= 4 is 21.5 Å². The van der Waals surface area contributed by atoms with Gasteiger partial charge in [0.2, 0.25) is 10.0 Å². The largest absolute Gasteiger partial charge is 0.357 e. The van der Waals surface area contributed by atoms with Gasteiger partial charge < -0.3 is 4.90 Å². The van der Waals surface area contributed by atoms with Gasteiger partial charge in [-0.1, -0.05) is 35.9 Å². The summed E-state index contributed by atoms with van der Waals surface area (Å²) in [5, 5.41) is 0. The Morgan fingerprint density at radius 2 is 1.79 bits per heavy atom. The number of fused-ring (bicyclic) bond motifs is 3. The molecule has 1 saturated heterocycles. The number of sulfonamides is 1. The van der Waals surface area contributed by atoms with Crippen LogP contribution in [-0.2, 0) is 20.2 Å². The zero-order chi connectivity index (χ0) is 20.4. The summed E-state index contributed by atoms with van der Waals surface area (Å²) >= 11 is 0. The van der Waals surface area contributed by atoms with E-state index in [4.69, 9.17) is 0 Å². The van der Waals surface area contributed by atoms with Crippen molar-refractivity contribution in [1.29, 1.82) is 0 Å². The van der Waals surface area contributed by atoms with E-state index in [0.29, 0.717) is 24.3 Å². The Hall–Kier alpha value is -2.18. The monoisotopic (exact) mass is 410 g/mol. The van der Waals surface area contributed by atoms with E-state index in [1.54, 1.807) is 16.4 Å². The number of hydrogen-bond donors (Lipinski definition) is 0. The summed E-state index contributed by atoms with van der Waals surface area (Å²) in [6, 6.07) is 15.2. The molecule has 5 nitrogen and oxygen atoms in total. The lowest BCUT2D eigenvalue weighted by molar-refractivity contribution is -0.122. The number of para-hydroxylation sites is 1. The maximum atomic E-state index is 13.6. The number of nitrogens with zero attached hydrogens (tertiary/aromatic N) is 2. The fraction of sp³-hybridized carbons (Fsp3) is 0.435. The minimum absolute atomic E-state index is 0.114. The molecule has 2 aromatic carbocycles. The SMILES string of the molecule is Cc1ccc(S(=O)(=O)N2CC[C@@]3([C@@H]4CCCC4=O)c4ccccc4N(C)[C@@H]23)cc1. The average Bonchev–Trinajstić information content (AvgIpc) is 3.37. The van der Waals surface area contributed by atoms with Gasteiger partial charge in [-0.3, -0.25) is 4.79 Å². The van der Waals surface area contributed by atoms with Crippen molar-refractivity contribution in [2.45, 2.75) is 49.1 Å². The number of ketones is 1. The normalized spacial score (nSPS) is 29.3. The molecule has 1 aliphatic carbocycles. The van der Waals surface area contributed by atoms with E-state index < -0.39 is 15.4 Å². The topological polar surface area (TPSA) is 57.7 Å². The highest BCUT2D eigenvalue weighted by Crippen LogP contribution is 2.58. The first-order chi connectivity index (χ1) is 13.9. The first kappa shape index (κ1) is 18.8. The molecule has 152 valence electrons. The minimum atomic E-state index is -3.67. The molecular formula is C23H26N2O3S. The highest BCUT2D eigenvalue weighted by atomic mass is 32.2. The molecule has 3 atom stereocenters.